The van der Waals surface area contributed by atoms with E-state index >= 15 is 0 Å². The topological polar surface area (TPSA) is 66.5 Å². The molecule has 134 valence electrons. The minimum atomic E-state index is -3.55. The molecule has 0 radical (unpaired) electrons. The van der Waals surface area contributed by atoms with Crippen molar-refractivity contribution in [1.29, 1.82) is 0 Å². The van der Waals surface area contributed by atoms with Gasteiger partial charge < -0.3 is 5.32 Å². The molecule has 0 aromatic heterocycles. The summed E-state index contributed by atoms with van der Waals surface area (Å²) in [5.41, 5.74) is 3.45. The van der Waals surface area contributed by atoms with Crippen molar-refractivity contribution in [1.82, 2.24) is 4.31 Å². The van der Waals surface area contributed by atoms with Gasteiger partial charge in [-0.3, -0.25) is 4.79 Å². The summed E-state index contributed by atoms with van der Waals surface area (Å²) in [6, 6.07) is 14.6. The Morgan fingerprint density at radius 1 is 1.04 bits per heavy atom. The average molecular weight is 360 g/mol. The first-order valence-electron chi connectivity index (χ1n) is 8.08. The standard InChI is InChI=1S/C19H24N2O3S/c1-14-9-8-10-15(2)19(14)20-18(22)13-21(25(4,23)24)16(3)17-11-6-5-7-12-17/h5-12,16H,13H2,1-4H3,(H,20,22). The van der Waals surface area contributed by atoms with E-state index in [2.05, 4.69) is 5.32 Å². The quantitative estimate of drug-likeness (QED) is 0.860. The first-order chi connectivity index (χ1) is 11.7. The molecule has 0 fully saturated rings. The minimum Gasteiger partial charge on any atom is -0.324 e. The third-order valence-corrected chi connectivity index (χ3v) is 5.48. The number of rotatable bonds is 6. The normalized spacial score (nSPS) is 12.8. The number of anilines is 1. The molecule has 1 atom stereocenters. The molecule has 5 nitrogen and oxygen atoms in total. The van der Waals surface area contributed by atoms with Crippen LogP contribution >= 0.6 is 0 Å². The van der Waals surface area contributed by atoms with Crippen molar-refractivity contribution in [3.8, 4) is 0 Å². The Morgan fingerprint density at radius 3 is 2.12 bits per heavy atom. The van der Waals surface area contributed by atoms with Crippen LogP contribution in [0, 0.1) is 13.8 Å². The highest BCUT2D eigenvalue weighted by molar-refractivity contribution is 7.88. The molecule has 0 bridgehead atoms. The van der Waals surface area contributed by atoms with Crippen molar-refractivity contribution in [3.63, 3.8) is 0 Å². The second kappa shape index (κ2) is 7.80. The molecule has 2 aromatic rings. The summed E-state index contributed by atoms with van der Waals surface area (Å²) >= 11 is 0. The molecule has 1 N–H and O–H groups in total. The van der Waals surface area contributed by atoms with Crippen molar-refractivity contribution in [2.24, 2.45) is 0 Å². The number of hydrogen-bond acceptors (Lipinski definition) is 3. The maximum absolute atomic E-state index is 12.5. The molecular weight excluding hydrogens is 336 g/mol. The smallest absolute Gasteiger partial charge is 0.239 e. The van der Waals surface area contributed by atoms with Crippen LogP contribution in [0.1, 0.15) is 29.7 Å². The van der Waals surface area contributed by atoms with Crippen LogP contribution in [0.3, 0.4) is 0 Å². The van der Waals surface area contributed by atoms with E-state index in [0.717, 1.165) is 28.6 Å². The predicted octanol–water partition coefficient (Wildman–Crippen LogP) is 3.26. The van der Waals surface area contributed by atoms with Gasteiger partial charge in [0.15, 0.2) is 0 Å². The number of amides is 1. The number of para-hydroxylation sites is 1. The summed E-state index contributed by atoms with van der Waals surface area (Å²) in [4.78, 5) is 12.5. The number of nitrogens with zero attached hydrogens (tertiary/aromatic N) is 1. The third-order valence-electron chi connectivity index (χ3n) is 4.18. The maximum Gasteiger partial charge on any atom is 0.239 e. The summed E-state index contributed by atoms with van der Waals surface area (Å²) < 4.78 is 25.6. The molecule has 0 spiro atoms. The maximum atomic E-state index is 12.5. The SMILES string of the molecule is Cc1cccc(C)c1NC(=O)CN(C(C)c1ccccc1)S(C)(=O)=O. The number of hydrogen-bond donors (Lipinski definition) is 1. The average Bonchev–Trinajstić information content (AvgIpc) is 2.55. The van der Waals surface area contributed by atoms with Crippen LogP contribution in [-0.4, -0.2) is 31.4 Å². The van der Waals surface area contributed by atoms with Gasteiger partial charge in [-0.25, -0.2) is 8.42 Å². The highest BCUT2D eigenvalue weighted by atomic mass is 32.2. The zero-order valence-corrected chi connectivity index (χ0v) is 15.8. The number of nitrogens with one attached hydrogen (secondary N) is 1. The van der Waals surface area contributed by atoms with E-state index in [4.69, 9.17) is 0 Å². The van der Waals surface area contributed by atoms with Crippen molar-refractivity contribution in [2.45, 2.75) is 26.8 Å². The highest BCUT2D eigenvalue weighted by Crippen LogP contribution is 2.23. The van der Waals surface area contributed by atoms with Gasteiger partial charge in [0, 0.05) is 11.7 Å². The molecule has 0 saturated heterocycles. The van der Waals surface area contributed by atoms with E-state index in [1.807, 2.05) is 62.4 Å². The predicted molar refractivity (Wildman–Crippen MR) is 101 cm³/mol. The van der Waals surface area contributed by atoms with Crippen LogP contribution in [0.5, 0.6) is 0 Å². The van der Waals surface area contributed by atoms with E-state index in [1.165, 1.54) is 4.31 Å². The summed E-state index contributed by atoms with van der Waals surface area (Å²) in [5.74, 6) is -0.356. The lowest BCUT2D eigenvalue weighted by molar-refractivity contribution is -0.116. The Balaban J connectivity index is 2.22. The molecule has 6 heteroatoms. The first kappa shape index (κ1) is 19.1. The Bertz CT molecular complexity index is 828. The molecule has 0 aliphatic rings. The molecule has 2 rings (SSSR count). The first-order valence-corrected chi connectivity index (χ1v) is 9.93. The zero-order valence-electron chi connectivity index (χ0n) is 15.0. The minimum absolute atomic E-state index is 0.233. The number of aryl methyl sites for hydroxylation is 2. The van der Waals surface area contributed by atoms with Gasteiger partial charge in [0.2, 0.25) is 15.9 Å². The molecular formula is C19H24N2O3S. The van der Waals surface area contributed by atoms with Gasteiger partial charge >= 0.3 is 0 Å². The van der Waals surface area contributed by atoms with Crippen molar-refractivity contribution < 1.29 is 13.2 Å². The van der Waals surface area contributed by atoms with Crippen LogP contribution in [0.25, 0.3) is 0 Å². The van der Waals surface area contributed by atoms with Crippen molar-refractivity contribution >= 4 is 21.6 Å². The van der Waals surface area contributed by atoms with E-state index in [9.17, 15) is 13.2 Å². The van der Waals surface area contributed by atoms with Crippen LogP contribution in [0.4, 0.5) is 5.69 Å². The second-order valence-electron chi connectivity index (χ2n) is 6.21. The Morgan fingerprint density at radius 2 is 1.60 bits per heavy atom. The van der Waals surface area contributed by atoms with Gasteiger partial charge in [-0.15, -0.1) is 0 Å². The van der Waals surface area contributed by atoms with E-state index in [1.54, 1.807) is 6.92 Å². The Hall–Kier alpha value is -2.18. The lowest BCUT2D eigenvalue weighted by Crippen LogP contribution is -2.39. The highest BCUT2D eigenvalue weighted by Gasteiger charge is 2.27. The van der Waals surface area contributed by atoms with Gasteiger partial charge in [-0.1, -0.05) is 48.5 Å². The zero-order chi connectivity index (χ0) is 18.6. The van der Waals surface area contributed by atoms with Crippen molar-refractivity contribution in [3.05, 3.63) is 65.2 Å². The third kappa shape index (κ3) is 4.90. The summed E-state index contributed by atoms with van der Waals surface area (Å²) in [6.45, 7) is 5.36. The second-order valence-corrected chi connectivity index (χ2v) is 8.14. The fourth-order valence-electron chi connectivity index (χ4n) is 2.77. The number of carbonyl (C=O) groups is 1. The summed E-state index contributed by atoms with van der Waals surface area (Å²) in [5, 5.41) is 2.84. The molecule has 0 aliphatic heterocycles. The van der Waals surface area contributed by atoms with Crippen LogP contribution in [0.15, 0.2) is 48.5 Å². The molecule has 1 amide bonds. The fraction of sp³-hybridized carbons (Fsp3) is 0.316. The van der Waals surface area contributed by atoms with Crippen LogP contribution in [-0.2, 0) is 14.8 Å². The van der Waals surface area contributed by atoms with Gasteiger partial charge in [0.05, 0.1) is 12.8 Å². The van der Waals surface area contributed by atoms with Gasteiger partial charge in [-0.05, 0) is 37.5 Å². The Kier molecular flexibility index (Phi) is 5.98. The molecule has 0 aliphatic carbocycles. The van der Waals surface area contributed by atoms with E-state index < -0.39 is 16.1 Å². The van der Waals surface area contributed by atoms with E-state index in [0.29, 0.717) is 0 Å². The molecule has 25 heavy (non-hydrogen) atoms. The van der Waals surface area contributed by atoms with Crippen LogP contribution in [0.2, 0.25) is 0 Å². The lowest BCUT2D eigenvalue weighted by Gasteiger charge is -2.27. The molecule has 2 aromatic carbocycles. The van der Waals surface area contributed by atoms with Crippen molar-refractivity contribution in [2.75, 3.05) is 18.1 Å². The van der Waals surface area contributed by atoms with Crippen LogP contribution < -0.4 is 5.32 Å². The molecule has 1 unspecified atom stereocenters. The van der Waals surface area contributed by atoms with Gasteiger partial charge in [0.1, 0.15) is 0 Å². The number of benzene rings is 2. The monoisotopic (exact) mass is 360 g/mol. The van der Waals surface area contributed by atoms with E-state index in [-0.39, 0.29) is 12.5 Å². The van der Waals surface area contributed by atoms with Gasteiger partial charge in [0.25, 0.3) is 0 Å². The number of sulfonamides is 1. The fourth-order valence-corrected chi connectivity index (χ4v) is 3.82. The van der Waals surface area contributed by atoms with Gasteiger partial charge in [-0.2, -0.15) is 4.31 Å². The summed E-state index contributed by atoms with van der Waals surface area (Å²) in [7, 11) is -3.55. The largest absolute Gasteiger partial charge is 0.324 e. The Labute approximate surface area is 149 Å². The molecule has 0 heterocycles. The molecule has 0 saturated carbocycles. The number of carbonyl (C=O) groups excluding carboxylic acids is 1. The lowest BCUT2D eigenvalue weighted by atomic mass is 10.1. The summed E-state index contributed by atoms with van der Waals surface area (Å²) in [6.07, 6.45) is 1.12.